The molecule has 21 heavy (non-hydrogen) atoms. The molecule has 112 valence electrons. The van der Waals surface area contributed by atoms with E-state index >= 15 is 0 Å². The predicted octanol–water partition coefficient (Wildman–Crippen LogP) is 5.05. The number of halogens is 1. The molecule has 1 N–H and O–H groups in total. The van der Waals surface area contributed by atoms with E-state index in [1.54, 1.807) is 0 Å². The van der Waals surface area contributed by atoms with Crippen LogP contribution in [0.2, 0.25) is 0 Å². The number of hydrogen-bond donors (Lipinski definition) is 1. The van der Waals surface area contributed by atoms with E-state index < -0.39 is 6.10 Å². The smallest absolute Gasteiger partial charge is 0.120 e. The third-order valence-electron chi connectivity index (χ3n) is 3.50. The fourth-order valence-corrected chi connectivity index (χ4v) is 2.80. The second-order valence-corrected chi connectivity index (χ2v) is 6.19. The summed E-state index contributed by atoms with van der Waals surface area (Å²) in [6, 6.07) is 13.8. The summed E-state index contributed by atoms with van der Waals surface area (Å²) in [6.45, 7) is 6.90. The molecule has 2 rings (SSSR count). The minimum atomic E-state index is -0.642. The van der Waals surface area contributed by atoms with Gasteiger partial charge in [-0.25, -0.2) is 0 Å². The molecule has 0 aliphatic rings. The van der Waals surface area contributed by atoms with Crippen LogP contribution in [0.15, 0.2) is 46.9 Å². The van der Waals surface area contributed by atoms with Gasteiger partial charge in [0.15, 0.2) is 0 Å². The van der Waals surface area contributed by atoms with Gasteiger partial charge in [0, 0.05) is 4.47 Å². The van der Waals surface area contributed by atoms with E-state index in [-0.39, 0.29) is 0 Å². The highest BCUT2D eigenvalue weighted by atomic mass is 79.9. The summed E-state index contributed by atoms with van der Waals surface area (Å²) in [7, 11) is 0. The standard InChI is InChI=1S/C18H21BrO2/c1-4-21-15-9-10-16(17(19)11-15)18(20)14-7-5-13(6-8-14)12(2)3/h5-12,18,20H,4H2,1-3H3. The van der Waals surface area contributed by atoms with Gasteiger partial charge in [0.2, 0.25) is 0 Å². The Labute approximate surface area is 134 Å². The van der Waals surface area contributed by atoms with Crippen LogP contribution in [0.1, 0.15) is 49.5 Å². The molecule has 2 aromatic rings. The molecule has 0 bridgehead atoms. The van der Waals surface area contributed by atoms with Crippen LogP contribution in [0.3, 0.4) is 0 Å². The molecule has 0 aliphatic carbocycles. The molecule has 0 aromatic heterocycles. The maximum absolute atomic E-state index is 10.6. The minimum Gasteiger partial charge on any atom is -0.494 e. The Morgan fingerprint density at radius 2 is 1.67 bits per heavy atom. The number of aliphatic hydroxyl groups is 1. The molecule has 1 atom stereocenters. The highest BCUT2D eigenvalue weighted by Gasteiger charge is 2.14. The number of ether oxygens (including phenoxy) is 1. The zero-order valence-corrected chi connectivity index (χ0v) is 14.2. The minimum absolute atomic E-state index is 0.494. The van der Waals surface area contributed by atoms with E-state index in [4.69, 9.17) is 4.74 Å². The lowest BCUT2D eigenvalue weighted by Crippen LogP contribution is -2.02. The lowest BCUT2D eigenvalue weighted by atomic mass is 9.97. The summed E-state index contributed by atoms with van der Waals surface area (Å²) in [6.07, 6.45) is -0.642. The van der Waals surface area contributed by atoms with Crippen molar-refractivity contribution in [2.75, 3.05) is 6.61 Å². The van der Waals surface area contributed by atoms with E-state index in [9.17, 15) is 5.11 Å². The molecule has 3 heteroatoms. The monoisotopic (exact) mass is 348 g/mol. The normalized spacial score (nSPS) is 12.5. The molecule has 0 radical (unpaired) electrons. The van der Waals surface area contributed by atoms with E-state index in [1.165, 1.54) is 5.56 Å². The van der Waals surface area contributed by atoms with Gasteiger partial charge in [0.1, 0.15) is 11.9 Å². The quantitative estimate of drug-likeness (QED) is 0.818. The largest absolute Gasteiger partial charge is 0.494 e. The van der Waals surface area contributed by atoms with Gasteiger partial charge in [-0.2, -0.15) is 0 Å². The summed E-state index contributed by atoms with van der Waals surface area (Å²) in [5.74, 6) is 1.30. The van der Waals surface area contributed by atoms with E-state index in [0.29, 0.717) is 12.5 Å². The second-order valence-electron chi connectivity index (χ2n) is 5.34. The summed E-state index contributed by atoms with van der Waals surface area (Å²) in [5.41, 5.74) is 3.01. The number of rotatable bonds is 5. The van der Waals surface area contributed by atoms with Gasteiger partial charge in [-0.05, 0) is 41.7 Å². The van der Waals surface area contributed by atoms with Crippen molar-refractivity contribution in [3.05, 3.63) is 63.6 Å². The third kappa shape index (κ3) is 3.86. The number of benzene rings is 2. The Morgan fingerprint density at radius 3 is 2.19 bits per heavy atom. The first-order chi connectivity index (χ1) is 10.0. The van der Waals surface area contributed by atoms with Gasteiger partial charge in [0.25, 0.3) is 0 Å². The molecular weight excluding hydrogens is 328 g/mol. The van der Waals surface area contributed by atoms with Crippen LogP contribution >= 0.6 is 15.9 Å². The van der Waals surface area contributed by atoms with Gasteiger partial charge in [-0.1, -0.05) is 60.1 Å². The van der Waals surface area contributed by atoms with Gasteiger partial charge in [-0.3, -0.25) is 0 Å². The SMILES string of the molecule is CCOc1ccc(C(O)c2ccc(C(C)C)cc2)c(Br)c1. The van der Waals surface area contributed by atoms with Crippen molar-refractivity contribution >= 4 is 15.9 Å². The fraction of sp³-hybridized carbons (Fsp3) is 0.333. The van der Waals surface area contributed by atoms with Crippen LogP contribution in [0.4, 0.5) is 0 Å². The van der Waals surface area contributed by atoms with Gasteiger partial charge in [0.05, 0.1) is 6.61 Å². The zero-order valence-electron chi connectivity index (χ0n) is 12.6. The molecule has 0 saturated carbocycles. The van der Waals surface area contributed by atoms with Crippen LogP contribution < -0.4 is 4.74 Å². The van der Waals surface area contributed by atoms with Crippen LogP contribution in [-0.2, 0) is 0 Å². The van der Waals surface area contributed by atoms with Crippen LogP contribution in [0.25, 0.3) is 0 Å². The average molecular weight is 349 g/mol. The molecular formula is C18H21BrO2. The average Bonchev–Trinajstić information content (AvgIpc) is 2.47. The molecule has 0 amide bonds. The first-order valence-corrected chi connectivity index (χ1v) is 8.02. The van der Waals surface area contributed by atoms with Gasteiger partial charge >= 0.3 is 0 Å². The lowest BCUT2D eigenvalue weighted by Gasteiger charge is -2.15. The predicted molar refractivity (Wildman–Crippen MR) is 89.9 cm³/mol. The highest BCUT2D eigenvalue weighted by molar-refractivity contribution is 9.10. The number of aliphatic hydroxyl groups excluding tert-OH is 1. The molecule has 0 spiro atoms. The molecule has 0 saturated heterocycles. The van der Waals surface area contributed by atoms with Crippen molar-refractivity contribution < 1.29 is 9.84 Å². The maximum Gasteiger partial charge on any atom is 0.120 e. The highest BCUT2D eigenvalue weighted by Crippen LogP contribution is 2.32. The van der Waals surface area contributed by atoms with Crippen molar-refractivity contribution in [2.24, 2.45) is 0 Å². The zero-order chi connectivity index (χ0) is 15.4. The summed E-state index contributed by atoms with van der Waals surface area (Å²) in [4.78, 5) is 0. The van der Waals surface area contributed by atoms with Gasteiger partial charge in [-0.15, -0.1) is 0 Å². The second kappa shape index (κ2) is 7.10. The Hall–Kier alpha value is -1.32. The maximum atomic E-state index is 10.6. The van der Waals surface area contributed by atoms with E-state index in [2.05, 4.69) is 41.9 Å². The van der Waals surface area contributed by atoms with Crippen LogP contribution in [0.5, 0.6) is 5.75 Å². The first-order valence-electron chi connectivity index (χ1n) is 7.23. The van der Waals surface area contributed by atoms with Crippen molar-refractivity contribution in [3.8, 4) is 5.75 Å². The topological polar surface area (TPSA) is 29.5 Å². The summed E-state index contributed by atoms with van der Waals surface area (Å²) in [5, 5.41) is 10.6. The number of hydrogen-bond acceptors (Lipinski definition) is 2. The Kier molecular flexibility index (Phi) is 5.43. The molecule has 2 aromatic carbocycles. The van der Waals surface area contributed by atoms with Crippen molar-refractivity contribution in [1.29, 1.82) is 0 Å². The van der Waals surface area contributed by atoms with Gasteiger partial charge < -0.3 is 9.84 Å². The van der Waals surface area contributed by atoms with E-state index in [0.717, 1.165) is 21.3 Å². The van der Waals surface area contributed by atoms with Crippen LogP contribution in [0, 0.1) is 0 Å². The van der Waals surface area contributed by atoms with Crippen molar-refractivity contribution in [1.82, 2.24) is 0 Å². The Bertz CT molecular complexity index is 591. The molecule has 0 fully saturated rings. The summed E-state index contributed by atoms with van der Waals surface area (Å²) < 4.78 is 6.31. The molecule has 0 aliphatic heterocycles. The van der Waals surface area contributed by atoms with E-state index in [1.807, 2.05) is 37.3 Å². The Balaban J connectivity index is 2.24. The molecule has 0 heterocycles. The third-order valence-corrected chi connectivity index (χ3v) is 4.18. The fourth-order valence-electron chi connectivity index (χ4n) is 2.23. The van der Waals surface area contributed by atoms with Crippen LogP contribution in [-0.4, -0.2) is 11.7 Å². The first kappa shape index (κ1) is 16.1. The van der Waals surface area contributed by atoms with Crippen molar-refractivity contribution in [2.45, 2.75) is 32.8 Å². The van der Waals surface area contributed by atoms with Crippen molar-refractivity contribution in [3.63, 3.8) is 0 Å². The summed E-state index contributed by atoms with van der Waals surface area (Å²) >= 11 is 3.51. The molecule has 1 unspecified atom stereocenters. The Morgan fingerprint density at radius 1 is 1.05 bits per heavy atom. The lowest BCUT2D eigenvalue weighted by molar-refractivity contribution is 0.219. The molecule has 2 nitrogen and oxygen atoms in total.